The lowest BCUT2D eigenvalue weighted by molar-refractivity contribution is -0.141. The van der Waals surface area contributed by atoms with E-state index in [4.69, 9.17) is 5.11 Å². The third-order valence-electron chi connectivity index (χ3n) is 4.13. The van der Waals surface area contributed by atoms with Crippen molar-refractivity contribution in [3.63, 3.8) is 0 Å². The Bertz CT molecular complexity index is 695. The minimum Gasteiger partial charge on any atom is -0.481 e. The molecule has 0 bridgehead atoms. The second-order valence-electron chi connectivity index (χ2n) is 5.58. The van der Waals surface area contributed by atoms with Gasteiger partial charge in [0.25, 0.3) is 5.91 Å². The molecule has 0 aromatic heterocycles. The van der Waals surface area contributed by atoms with Crippen LogP contribution in [0.5, 0.6) is 0 Å². The molecule has 1 aliphatic carbocycles. The van der Waals surface area contributed by atoms with Crippen LogP contribution < -0.4 is 5.32 Å². The third-order valence-corrected chi connectivity index (χ3v) is 4.13. The number of carbonyl (C=O) groups is 2. The highest BCUT2D eigenvalue weighted by molar-refractivity contribution is 5.98. The molecule has 21 heavy (non-hydrogen) atoms. The molecule has 108 valence electrons. The van der Waals surface area contributed by atoms with Crippen molar-refractivity contribution >= 4 is 22.6 Å². The summed E-state index contributed by atoms with van der Waals surface area (Å²) in [5.41, 5.74) is 0.618. The fraction of sp³-hybridized carbons (Fsp3) is 0.294. The van der Waals surface area contributed by atoms with Crippen molar-refractivity contribution in [1.82, 2.24) is 5.32 Å². The van der Waals surface area contributed by atoms with Gasteiger partial charge >= 0.3 is 5.97 Å². The van der Waals surface area contributed by atoms with Crippen molar-refractivity contribution in [1.29, 1.82) is 0 Å². The molecule has 0 saturated heterocycles. The van der Waals surface area contributed by atoms with Gasteiger partial charge in [0.1, 0.15) is 0 Å². The van der Waals surface area contributed by atoms with Crippen LogP contribution in [0.4, 0.5) is 0 Å². The van der Waals surface area contributed by atoms with Gasteiger partial charge in [0.05, 0.1) is 5.92 Å². The molecule has 4 heteroatoms. The molecule has 1 amide bonds. The van der Waals surface area contributed by atoms with Gasteiger partial charge in [0, 0.05) is 11.6 Å². The maximum absolute atomic E-state index is 12.3. The summed E-state index contributed by atoms with van der Waals surface area (Å²) < 4.78 is 0. The topological polar surface area (TPSA) is 66.4 Å². The predicted octanol–water partition coefficient (Wildman–Crippen LogP) is 2.82. The molecule has 0 spiro atoms. The number of nitrogens with one attached hydrogen (secondary N) is 1. The third kappa shape index (κ3) is 2.89. The van der Waals surface area contributed by atoms with E-state index in [2.05, 4.69) is 5.32 Å². The van der Waals surface area contributed by atoms with Gasteiger partial charge in [-0.25, -0.2) is 0 Å². The zero-order valence-electron chi connectivity index (χ0n) is 11.6. The number of carbonyl (C=O) groups excluding carboxylic acids is 1. The van der Waals surface area contributed by atoms with Gasteiger partial charge in [-0.05, 0) is 42.2 Å². The van der Waals surface area contributed by atoms with Crippen LogP contribution in [0, 0.1) is 5.92 Å². The molecule has 2 aromatic carbocycles. The Labute approximate surface area is 122 Å². The van der Waals surface area contributed by atoms with Crippen molar-refractivity contribution in [3.05, 3.63) is 48.0 Å². The Balaban J connectivity index is 1.71. The molecule has 1 aliphatic rings. The van der Waals surface area contributed by atoms with E-state index in [1.807, 2.05) is 36.4 Å². The minimum atomic E-state index is -0.766. The summed E-state index contributed by atoms with van der Waals surface area (Å²) in [6.45, 7) is 0. The zero-order valence-corrected chi connectivity index (χ0v) is 11.6. The largest absolute Gasteiger partial charge is 0.481 e. The van der Waals surface area contributed by atoms with Gasteiger partial charge in [0.2, 0.25) is 0 Å². The van der Waals surface area contributed by atoms with Crippen molar-refractivity contribution in [2.45, 2.75) is 25.3 Å². The second kappa shape index (κ2) is 5.56. The summed E-state index contributed by atoms with van der Waals surface area (Å²) in [5, 5.41) is 14.1. The monoisotopic (exact) mass is 283 g/mol. The fourth-order valence-electron chi connectivity index (χ4n) is 2.94. The molecule has 1 saturated carbocycles. The molecule has 3 rings (SSSR count). The zero-order chi connectivity index (χ0) is 14.8. The van der Waals surface area contributed by atoms with Crippen LogP contribution in [-0.4, -0.2) is 23.0 Å². The van der Waals surface area contributed by atoms with Gasteiger partial charge in [-0.2, -0.15) is 0 Å². The average Bonchev–Trinajstić information content (AvgIpc) is 2.95. The van der Waals surface area contributed by atoms with E-state index >= 15 is 0 Å². The summed E-state index contributed by atoms with van der Waals surface area (Å²) in [5.74, 6) is -1.22. The van der Waals surface area contributed by atoms with E-state index in [1.165, 1.54) is 0 Å². The summed E-state index contributed by atoms with van der Waals surface area (Å²) in [6, 6.07) is 13.5. The van der Waals surface area contributed by atoms with Crippen LogP contribution in [0.1, 0.15) is 29.6 Å². The number of hydrogen-bond acceptors (Lipinski definition) is 2. The van der Waals surface area contributed by atoms with Gasteiger partial charge in [-0.15, -0.1) is 0 Å². The Morgan fingerprint density at radius 1 is 1.05 bits per heavy atom. The molecule has 1 fully saturated rings. The highest BCUT2D eigenvalue weighted by Crippen LogP contribution is 2.26. The first-order valence-corrected chi connectivity index (χ1v) is 7.16. The van der Waals surface area contributed by atoms with Crippen LogP contribution in [0.25, 0.3) is 10.8 Å². The number of fused-ring (bicyclic) bond motifs is 1. The molecular formula is C17H17NO3. The fourth-order valence-corrected chi connectivity index (χ4v) is 2.94. The van der Waals surface area contributed by atoms with Crippen LogP contribution in [0.3, 0.4) is 0 Å². The van der Waals surface area contributed by atoms with Crippen molar-refractivity contribution in [2.24, 2.45) is 5.92 Å². The molecule has 2 unspecified atom stereocenters. The Kier molecular flexibility index (Phi) is 3.60. The van der Waals surface area contributed by atoms with E-state index in [1.54, 1.807) is 6.07 Å². The SMILES string of the molecule is O=C(NC1CCC(C(=O)O)C1)c1ccc2ccccc2c1. The molecular weight excluding hydrogens is 266 g/mol. The van der Waals surface area contributed by atoms with E-state index < -0.39 is 5.97 Å². The van der Waals surface area contributed by atoms with Gasteiger partial charge in [-0.1, -0.05) is 30.3 Å². The first-order valence-electron chi connectivity index (χ1n) is 7.16. The van der Waals surface area contributed by atoms with Crippen LogP contribution in [-0.2, 0) is 4.79 Å². The van der Waals surface area contributed by atoms with Crippen molar-refractivity contribution in [3.8, 4) is 0 Å². The number of hydrogen-bond donors (Lipinski definition) is 2. The predicted molar refractivity (Wildman–Crippen MR) is 80.2 cm³/mol. The molecule has 2 aromatic rings. The maximum Gasteiger partial charge on any atom is 0.306 e. The van der Waals surface area contributed by atoms with E-state index in [9.17, 15) is 9.59 Å². The lowest BCUT2D eigenvalue weighted by atomic mass is 10.1. The van der Waals surface area contributed by atoms with Crippen molar-refractivity contribution < 1.29 is 14.7 Å². The van der Waals surface area contributed by atoms with E-state index in [-0.39, 0.29) is 17.9 Å². The molecule has 2 atom stereocenters. The summed E-state index contributed by atoms with van der Waals surface area (Å²) >= 11 is 0. The number of benzene rings is 2. The van der Waals surface area contributed by atoms with E-state index in [0.717, 1.165) is 17.2 Å². The quantitative estimate of drug-likeness (QED) is 0.910. The Morgan fingerprint density at radius 2 is 1.81 bits per heavy atom. The molecule has 4 nitrogen and oxygen atoms in total. The minimum absolute atomic E-state index is 0.0370. The molecule has 0 aliphatic heterocycles. The Morgan fingerprint density at radius 3 is 2.52 bits per heavy atom. The standard InChI is InChI=1S/C17H17NO3/c19-16(18-15-8-7-14(10-15)17(20)21)13-6-5-11-3-1-2-4-12(11)9-13/h1-6,9,14-15H,7-8,10H2,(H,18,19)(H,20,21). The van der Waals surface area contributed by atoms with Gasteiger partial charge in [-0.3, -0.25) is 9.59 Å². The lowest BCUT2D eigenvalue weighted by Crippen LogP contribution is -2.33. The van der Waals surface area contributed by atoms with Crippen molar-refractivity contribution in [2.75, 3.05) is 0 Å². The normalized spacial score (nSPS) is 21.3. The summed E-state index contributed by atoms with van der Waals surface area (Å²) in [6.07, 6.45) is 1.89. The smallest absolute Gasteiger partial charge is 0.306 e. The lowest BCUT2D eigenvalue weighted by Gasteiger charge is -2.12. The van der Waals surface area contributed by atoms with Crippen LogP contribution >= 0.6 is 0 Å². The average molecular weight is 283 g/mol. The maximum atomic E-state index is 12.3. The summed E-state index contributed by atoms with van der Waals surface area (Å²) in [4.78, 5) is 23.2. The van der Waals surface area contributed by atoms with Gasteiger partial charge in [0.15, 0.2) is 0 Å². The highest BCUT2D eigenvalue weighted by atomic mass is 16.4. The molecule has 0 heterocycles. The number of amides is 1. The molecule has 2 N–H and O–H groups in total. The first-order chi connectivity index (χ1) is 10.1. The second-order valence-corrected chi connectivity index (χ2v) is 5.58. The number of carboxylic acid groups (broad SMARTS) is 1. The Hall–Kier alpha value is -2.36. The van der Waals surface area contributed by atoms with Crippen LogP contribution in [0.2, 0.25) is 0 Å². The number of aliphatic carboxylic acids is 1. The van der Waals surface area contributed by atoms with Gasteiger partial charge < -0.3 is 10.4 Å². The summed E-state index contributed by atoms with van der Waals surface area (Å²) in [7, 11) is 0. The molecule has 0 radical (unpaired) electrons. The number of carboxylic acids is 1. The van der Waals surface area contributed by atoms with E-state index in [0.29, 0.717) is 18.4 Å². The highest BCUT2D eigenvalue weighted by Gasteiger charge is 2.30. The number of rotatable bonds is 3. The van der Waals surface area contributed by atoms with Crippen LogP contribution in [0.15, 0.2) is 42.5 Å². The first kappa shape index (κ1) is 13.6.